The Kier molecular flexibility index (Phi) is 5.75. The first-order chi connectivity index (χ1) is 31.5. The van der Waals surface area contributed by atoms with Crippen molar-refractivity contribution in [2.45, 2.75) is 0 Å². The summed E-state index contributed by atoms with van der Waals surface area (Å²) in [7, 11) is 0. The average molecular weight is 742 g/mol. The Morgan fingerprint density at radius 1 is 0.393 bits per heavy atom. The molecule has 0 saturated heterocycles. The summed E-state index contributed by atoms with van der Waals surface area (Å²) in [6.07, 6.45) is 0. The van der Waals surface area contributed by atoms with Crippen LogP contribution in [0.15, 0.2) is 194 Å². The largest absolute Gasteiger partial charge is 0.308 e. The fourth-order valence-corrected chi connectivity index (χ4v) is 8.58. The number of rotatable bonds is 6. The summed E-state index contributed by atoms with van der Waals surface area (Å²) in [6, 6.07) is 41.4. The molecule has 3 heterocycles. The van der Waals surface area contributed by atoms with Gasteiger partial charge in [0.1, 0.15) is 0 Å². The first-order valence-electron chi connectivity index (χ1n) is 22.5. The zero-order valence-electron chi connectivity index (χ0n) is 38.5. The van der Waals surface area contributed by atoms with E-state index in [1.807, 2.05) is 84.9 Å². The van der Waals surface area contributed by atoms with Crippen LogP contribution in [0.4, 0.5) is 0 Å². The van der Waals surface area contributed by atoms with Crippen LogP contribution in [0.2, 0.25) is 0 Å². The molecule has 0 amide bonds. The van der Waals surface area contributed by atoms with E-state index in [1.165, 1.54) is 10.1 Å². The summed E-state index contributed by atoms with van der Waals surface area (Å²) in [4.78, 5) is 15.4. The third-order valence-electron chi connectivity index (χ3n) is 10.1. The van der Waals surface area contributed by atoms with E-state index in [9.17, 15) is 1.37 Å². The van der Waals surface area contributed by atoms with Gasteiger partial charge in [-0.15, -0.1) is 11.3 Å². The van der Waals surface area contributed by atoms with Crippen LogP contribution < -0.4 is 0 Å². The number of benzene rings is 8. The van der Waals surface area contributed by atoms with Crippen LogP contribution in [0.3, 0.4) is 0 Å². The third-order valence-corrected chi connectivity index (χ3v) is 11.2. The van der Waals surface area contributed by atoms with Crippen molar-refractivity contribution in [1.82, 2.24) is 19.5 Å². The van der Waals surface area contributed by atoms with E-state index in [4.69, 9.17) is 25.9 Å². The van der Waals surface area contributed by atoms with Gasteiger partial charge in [-0.2, -0.15) is 0 Å². The van der Waals surface area contributed by atoms with Gasteiger partial charge in [-0.1, -0.05) is 158 Å². The quantitative estimate of drug-likeness (QED) is 0.170. The number of thiophene rings is 1. The average Bonchev–Trinajstić information content (AvgIpc) is 3.89. The first-order valence-corrected chi connectivity index (χ1v) is 18.9. The Labute approximate surface area is 340 Å². The van der Waals surface area contributed by atoms with E-state index in [1.54, 1.807) is 34.1 Å². The van der Waals surface area contributed by atoms with Crippen LogP contribution in [0, 0.1) is 0 Å². The lowest BCUT2D eigenvalue weighted by atomic mass is 10.0. The van der Waals surface area contributed by atoms with Crippen molar-refractivity contribution in [2.24, 2.45) is 0 Å². The molecule has 4 nitrogen and oxygen atoms in total. The van der Waals surface area contributed by atoms with Crippen LogP contribution >= 0.6 is 11.3 Å². The van der Waals surface area contributed by atoms with Crippen LogP contribution in [0.1, 0.15) is 12.3 Å². The van der Waals surface area contributed by atoms with E-state index >= 15 is 0 Å². The molecule has 0 radical (unpaired) electrons. The highest BCUT2D eigenvalue weighted by atomic mass is 32.1. The number of fused-ring (bicyclic) bond motifs is 6. The Hall–Kier alpha value is -7.21. The standard InChI is InChI=1S/C51H32N4S/c1-3-13-33(14-4-1)35-23-25-36(26-24-35)49-52-50(38-28-30-42-41-18-9-12-22-47(41)56-48(42)32-38)54-51(53-49)43-19-8-11-21-45(43)55-44-20-10-7-17-39(44)40-29-27-37(31-46(40)55)34-15-5-2-6-16-34/h1-32H/i2D,5D,6D,7D,10D,15D,16D,17D,20D. The Balaban J connectivity index is 1.18. The number of aromatic nitrogens is 4. The lowest BCUT2D eigenvalue weighted by Crippen LogP contribution is -2.03. The van der Waals surface area contributed by atoms with Crippen LogP contribution in [-0.4, -0.2) is 19.5 Å². The molecule has 56 heavy (non-hydrogen) atoms. The molecule has 0 atom stereocenters. The molecule has 0 unspecified atom stereocenters. The maximum absolute atomic E-state index is 9.29. The van der Waals surface area contributed by atoms with E-state index < -0.39 is 30.2 Å². The SMILES string of the molecule is [2H]c1c([2H])c([2H])c(-c2ccc3c4c([2H])c([2H])c([2H])c([2H])c4n(-c4ccccc4-c4nc(-c5ccc(-c6ccccc6)cc5)nc(-c5ccc6c(c5)sc5ccccc56)n4)c3c2)c([2H])c1[2H]. The summed E-state index contributed by atoms with van der Waals surface area (Å²) in [5.41, 5.74) is 5.56. The molecule has 3 aromatic heterocycles. The third kappa shape index (κ3) is 5.48. The molecule has 11 rings (SSSR count). The van der Waals surface area contributed by atoms with Crippen molar-refractivity contribution in [3.05, 3.63) is 194 Å². The second-order valence-corrected chi connectivity index (χ2v) is 14.5. The molecule has 0 aliphatic rings. The lowest BCUT2D eigenvalue weighted by Gasteiger charge is -2.15. The number of nitrogens with zero attached hydrogens (tertiary/aromatic N) is 4. The summed E-state index contributed by atoms with van der Waals surface area (Å²) in [5, 5.41) is 3.04. The molecule has 0 aliphatic heterocycles. The van der Waals surface area contributed by atoms with Crippen LogP contribution in [-0.2, 0) is 0 Å². The van der Waals surface area contributed by atoms with Gasteiger partial charge in [-0.25, -0.2) is 15.0 Å². The zero-order valence-corrected chi connectivity index (χ0v) is 30.3. The molecular formula is C51H32N4S. The minimum atomic E-state index is -0.511. The summed E-state index contributed by atoms with van der Waals surface area (Å²) in [5.74, 6) is 1.16. The van der Waals surface area contributed by atoms with Crippen molar-refractivity contribution < 1.29 is 12.3 Å². The molecular weight excluding hydrogens is 701 g/mol. The van der Waals surface area contributed by atoms with Crippen molar-refractivity contribution in [2.75, 3.05) is 0 Å². The van der Waals surface area contributed by atoms with Crippen molar-refractivity contribution in [3.8, 4) is 62.1 Å². The predicted octanol–water partition coefficient (Wildman–Crippen LogP) is 13.7. The topological polar surface area (TPSA) is 43.6 Å². The minimum Gasteiger partial charge on any atom is -0.308 e. The summed E-state index contributed by atoms with van der Waals surface area (Å²) < 4.78 is 82.3. The minimum absolute atomic E-state index is 0.0109. The second-order valence-electron chi connectivity index (χ2n) is 13.4. The van der Waals surface area contributed by atoms with E-state index in [0.717, 1.165) is 32.3 Å². The molecule has 0 spiro atoms. The van der Waals surface area contributed by atoms with E-state index in [0.29, 0.717) is 45.2 Å². The molecule has 11 aromatic rings. The summed E-state index contributed by atoms with van der Waals surface area (Å²) >= 11 is 1.69. The van der Waals surface area contributed by atoms with Gasteiger partial charge in [-0.3, -0.25) is 0 Å². The highest BCUT2D eigenvalue weighted by molar-refractivity contribution is 7.25. The Morgan fingerprint density at radius 2 is 1.02 bits per heavy atom. The lowest BCUT2D eigenvalue weighted by molar-refractivity contribution is 1.06. The maximum atomic E-state index is 9.29. The van der Waals surface area contributed by atoms with Crippen molar-refractivity contribution >= 4 is 53.3 Å². The molecule has 0 aliphatic carbocycles. The molecule has 0 N–H and O–H groups in total. The molecule has 0 fully saturated rings. The van der Waals surface area contributed by atoms with Gasteiger partial charge in [0.25, 0.3) is 0 Å². The molecule has 8 aromatic carbocycles. The van der Waals surface area contributed by atoms with Crippen molar-refractivity contribution in [1.29, 1.82) is 0 Å². The van der Waals surface area contributed by atoms with Crippen molar-refractivity contribution in [3.63, 3.8) is 0 Å². The maximum Gasteiger partial charge on any atom is 0.166 e. The van der Waals surface area contributed by atoms with Gasteiger partial charge >= 0.3 is 0 Å². The number of para-hydroxylation sites is 2. The fourth-order valence-electron chi connectivity index (χ4n) is 7.44. The fraction of sp³-hybridized carbons (Fsp3) is 0. The normalized spacial score (nSPS) is 13.8. The highest BCUT2D eigenvalue weighted by Crippen LogP contribution is 2.39. The highest BCUT2D eigenvalue weighted by Gasteiger charge is 2.20. The monoisotopic (exact) mass is 741 g/mol. The van der Waals surface area contributed by atoms with Gasteiger partial charge in [-0.05, 0) is 58.6 Å². The molecule has 0 saturated carbocycles. The smallest absolute Gasteiger partial charge is 0.166 e. The van der Waals surface area contributed by atoms with Crippen LogP contribution in [0.5, 0.6) is 0 Å². The Bertz CT molecular complexity index is 3750. The van der Waals surface area contributed by atoms with E-state index in [2.05, 4.69) is 36.4 Å². The second kappa shape index (κ2) is 13.3. The Morgan fingerprint density at radius 3 is 1.89 bits per heavy atom. The molecule has 0 bridgehead atoms. The summed E-state index contributed by atoms with van der Waals surface area (Å²) in [6.45, 7) is 0. The van der Waals surface area contributed by atoms with Gasteiger partial charge in [0.05, 0.1) is 29.1 Å². The predicted molar refractivity (Wildman–Crippen MR) is 234 cm³/mol. The number of hydrogen-bond donors (Lipinski definition) is 0. The van der Waals surface area contributed by atoms with Gasteiger partial charge in [0.2, 0.25) is 0 Å². The van der Waals surface area contributed by atoms with Gasteiger partial charge in [0, 0.05) is 47.6 Å². The van der Waals surface area contributed by atoms with E-state index in [-0.39, 0.29) is 40.6 Å². The van der Waals surface area contributed by atoms with Crippen LogP contribution in [0.25, 0.3) is 104 Å². The van der Waals surface area contributed by atoms with Gasteiger partial charge < -0.3 is 4.57 Å². The molecule has 5 heteroatoms. The first kappa shape index (κ1) is 24.2. The molecule has 262 valence electrons. The number of hydrogen-bond acceptors (Lipinski definition) is 4. The van der Waals surface area contributed by atoms with Gasteiger partial charge in [0.15, 0.2) is 17.5 Å². The zero-order chi connectivity index (χ0) is 44.8.